The zero-order valence-electron chi connectivity index (χ0n) is 15.5. The molecule has 1 N–H and O–H groups in total. The van der Waals surface area contributed by atoms with Crippen LogP contribution < -0.4 is 5.32 Å². The van der Waals surface area contributed by atoms with E-state index in [2.05, 4.69) is 35.0 Å². The molecule has 0 saturated carbocycles. The number of benzene rings is 3. The van der Waals surface area contributed by atoms with Crippen LogP contribution in [0.4, 0.5) is 0 Å². The van der Waals surface area contributed by atoms with Crippen LogP contribution in [0.2, 0.25) is 5.02 Å². The van der Waals surface area contributed by atoms with Crippen molar-refractivity contribution < 1.29 is 4.79 Å². The predicted octanol–water partition coefficient (Wildman–Crippen LogP) is 4.98. The van der Waals surface area contributed by atoms with Gasteiger partial charge in [0.2, 0.25) is 0 Å². The van der Waals surface area contributed by atoms with E-state index in [1.807, 2.05) is 30.3 Å². The summed E-state index contributed by atoms with van der Waals surface area (Å²) in [6, 6.07) is 23.2. The van der Waals surface area contributed by atoms with E-state index < -0.39 is 0 Å². The van der Waals surface area contributed by atoms with Crippen molar-refractivity contribution in [3.8, 4) is 0 Å². The molecular formula is C23H20ClN3O. The third-order valence-electron chi connectivity index (χ3n) is 4.84. The smallest absolute Gasteiger partial charge is 0.251 e. The monoisotopic (exact) mass is 389 g/mol. The maximum absolute atomic E-state index is 12.5. The Kier molecular flexibility index (Phi) is 5.13. The highest BCUT2D eigenvalue weighted by Gasteiger charge is 2.13. The van der Waals surface area contributed by atoms with Gasteiger partial charge in [0.05, 0.1) is 17.6 Å². The van der Waals surface area contributed by atoms with E-state index in [1.54, 1.807) is 24.3 Å². The molecule has 0 spiro atoms. The molecule has 1 aromatic heterocycles. The lowest BCUT2D eigenvalue weighted by Crippen LogP contribution is -2.24. The summed E-state index contributed by atoms with van der Waals surface area (Å²) < 4.78 is 2.17. The van der Waals surface area contributed by atoms with Crippen molar-refractivity contribution in [1.29, 1.82) is 0 Å². The SMILES string of the molecule is Cc1ccccc1Cn1c(CNC(=O)c2ccc(Cl)cc2)nc2ccccc21. The van der Waals surface area contributed by atoms with E-state index in [9.17, 15) is 4.79 Å². The number of halogens is 1. The molecule has 3 aromatic carbocycles. The molecule has 0 aliphatic heterocycles. The maximum atomic E-state index is 12.5. The molecule has 0 bridgehead atoms. The highest BCUT2D eigenvalue weighted by molar-refractivity contribution is 6.30. The summed E-state index contributed by atoms with van der Waals surface area (Å²) >= 11 is 5.90. The van der Waals surface area contributed by atoms with Crippen molar-refractivity contribution >= 4 is 28.5 Å². The van der Waals surface area contributed by atoms with Gasteiger partial charge >= 0.3 is 0 Å². The lowest BCUT2D eigenvalue weighted by atomic mass is 10.1. The summed E-state index contributed by atoms with van der Waals surface area (Å²) in [6.45, 7) is 3.16. The fraction of sp³-hybridized carbons (Fsp3) is 0.130. The summed E-state index contributed by atoms with van der Waals surface area (Å²) in [5.41, 5.74) is 5.02. The number of amides is 1. The minimum Gasteiger partial charge on any atom is -0.345 e. The van der Waals surface area contributed by atoms with Gasteiger partial charge in [-0.1, -0.05) is 48.0 Å². The van der Waals surface area contributed by atoms with E-state index in [-0.39, 0.29) is 5.91 Å². The highest BCUT2D eigenvalue weighted by atomic mass is 35.5. The molecular weight excluding hydrogens is 370 g/mol. The molecule has 5 heteroatoms. The second-order valence-corrected chi connectivity index (χ2v) is 7.16. The largest absolute Gasteiger partial charge is 0.345 e. The van der Waals surface area contributed by atoms with Crippen LogP contribution in [-0.4, -0.2) is 15.5 Å². The molecule has 4 aromatic rings. The number of nitrogens with one attached hydrogen (secondary N) is 1. The van der Waals surface area contributed by atoms with E-state index in [0.29, 0.717) is 23.7 Å². The molecule has 0 atom stereocenters. The summed E-state index contributed by atoms with van der Waals surface area (Å²) in [4.78, 5) is 17.2. The minimum absolute atomic E-state index is 0.147. The van der Waals surface area contributed by atoms with Gasteiger partial charge in [-0.3, -0.25) is 4.79 Å². The molecule has 0 radical (unpaired) electrons. The highest BCUT2D eigenvalue weighted by Crippen LogP contribution is 2.19. The van der Waals surface area contributed by atoms with Crippen molar-refractivity contribution in [3.63, 3.8) is 0 Å². The fourth-order valence-electron chi connectivity index (χ4n) is 3.26. The van der Waals surface area contributed by atoms with Crippen molar-refractivity contribution in [2.75, 3.05) is 0 Å². The van der Waals surface area contributed by atoms with Gasteiger partial charge in [0.25, 0.3) is 5.91 Å². The number of hydrogen-bond donors (Lipinski definition) is 1. The Labute approximate surface area is 168 Å². The van der Waals surface area contributed by atoms with E-state index in [1.165, 1.54) is 11.1 Å². The number of carbonyl (C=O) groups is 1. The van der Waals surface area contributed by atoms with E-state index in [0.717, 1.165) is 16.9 Å². The normalized spacial score (nSPS) is 10.9. The maximum Gasteiger partial charge on any atom is 0.251 e. The Hall–Kier alpha value is -3.11. The van der Waals surface area contributed by atoms with Crippen LogP contribution in [-0.2, 0) is 13.1 Å². The number of rotatable bonds is 5. The topological polar surface area (TPSA) is 46.9 Å². The molecule has 0 fully saturated rings. The fourth-order valence-corrected chi connectivity index (χ4v) is 3.38. The number of carbonyl (C=O) groups excluding carboxylic acids is 1. The van der Waals surface area contributed by atoms with E-state index in [4.69, 9.17) is 16.6 Å². The Morgan fingerprint density at radius 3 is 2.50 bits per heavy atom. The van der Waals surface area contributed by atoms with Crippen molar-refractivity contribution in [3.05, 3.63) is 100 Å². The summed E-state index contributed by atoms with van der Waals surface area (Å²) in [5.74, 6) is 0.679. The molecule has 0 saturated heterocycles. The van der Waals surface area contributed by atoms with Gasteiger partial charge in [0, 0.05) is 17.1 Å². The van der Waals surface area contributed by atoms with Crippen LogP contribution in [0.15, 0.2) is 72.8 Å². The molecule has 28 heavy (non-hydrogen) atoms. The first-order valence-corrected chi connectivity index (χ1v) is 9.52. The van der Waals surface area contributed by atoms with E-state index >= 15 is 0 Å². The van der Waals surface area contributed by atoms with Gasteiger partial charge < -0.3 is 9.88 Å². The Bertz CT molecular complexity index is 1130. The van der Waals surface area contributed by atoms with Crippen LogP contribution in [0.5, 0.6) is 0 Å². The summed E-state index contributed by atoms with van der Waals surface area (Å²) in [7, 11) is 0. The first kappa shape index (κ1) is 18.3. The molecule has 4 nitrogen and oxygen atoms in total. The first-order valence-electron chi connectivity index (χ1n) is 9.14. The van der Waals surface area contributed by atoms with Crippen molar-refractivity contribution in [2.24, 2.45) is 0 Å². The van der Waals surface area contributed by atoms with Crippen molar-refractivity contribution in [1.82, 2.24) is 14.9 Å². The lowest BCUT2D eigenvalue weighted by molar-refractivity contribution is 0.0949. The molecule has 0 unspecified atom stereocenters. The van der Waals surface area contributed by atoms with Crippen LogP contribution in [0.3, 0.4) is 0 Å². The zero-order valence-corrected chi connectivity index (χ0v) is 16.3. The standard InChI is InChI=1S/C23H20ClN3O/c1-16-6-2-3-7-18(16)15-27-21-9-5-4-8-20(21)26-22(27)14-25-23(28)17-10-12-19(24)13-11-17/h2-13H,14-15H2,1H3,(H,25,28). The number of imidazole rings is 1. The van der Waals surface area contributed by atoms with Gasteiger partial charge in [-0.25, -0.2) is 4.98 Å². The lowest BCUT2D eigenvalue weighted by Gasteiger charge is -2.12. The van der Waals surface area contributed by atoms with Gasteiger partial charge in [0.15, 0.2) is 0 Å². The number of nitrogens with zero attached hydrogens (tertiary/aromatic N) is 2. The van der Waals surface area contributed by atoms with Crippen LogP contribution >= 0.6 is 11.6 Å². The van der Waals surface area contributed by atoms with Crippen LogP contribution in [0, 0.1) is 6.92 Å². The second kappa shape index (κ2) is 7.87. The quantitative estimate of drug-likeness (QED) is 0.523. The third kappa shape index (κ3) is 3.78. The minimum atomic E-state index is -0.147. The Morgan fingerprint density at radius 1 is 1.00 bits per heavy atom. The number of para-hydroxylation sites is 2. The van der Waals surface area contributed by atoms with Gasteiger partial charge in [-0.05, 0) is 54.4 Å². The van der Waals surface area contributed by atoms with Gasteiger partial charge in [-0.2, -0.15) is 0 Å². The Balaban J connectivity index is 1.62. The number of aromatic nitrogens is 2. The molecule has 1 heterocycles. The molecule has 140 valence electrons. The summed E-state index contributed by atoms with van der Waals surface area (Å²) in [5, 5.41) is 3.58. The molecule has 0 aliphatic rings. The number of hydrogen-bond acceptors (Lipinski definition) is 2. The third-order valence-corrected chi connectivity index (χ3v) is 5.09. The molecule has 4 rings (SSSR count). The molecule has 0 aliphatic carbocycles. The molecule has 1 amide bonds. The summed E-state index contributed by atoms with van der Waals surface area (Å²) in [6.07, 6.45) is 0. The van der Waals surface area contributed by atoms with Gasteiger partial charge in [-0.15, -0.1) is 0 Å². The first-order chi connectivity index (χ1) is 13.6. The average Bonchev–Trinajstić information content (AvgIpc) is 3.06. The Morgan fingerprint density at radius 2 is 1.71 bits per heavy atom. The predicted molar refractivity (Wildman–Crippen MR) is 113 cm³/mol. The zero-order chi connectivity index (χ0) is 19.5. The van der Waals surface area contributed by atoms with Gasteiger partial charge in [0.1, 0.15) is 5.82 Å². The number of fused-ring (bicyclic) bond motifs is 1. The second-order valence-electron chi connectivity index (χ2n) is 6.72. The average molecular weight is 390 g/mol. The number of aryl methyl sites for hydroxylation is 1. The van der Waals surface area contributed by atoms with Crippen LogP contribution in [0.25, 0.3) is 11.0 Å². The van der Waals surface area contributed by atoms with Crippen molar-refractivity contribution in [2.45, 2.75) is 20.0 Å². The van der Waals surface area contributed by atoms with Crippen LogP contribution in [0.1, 0.15) is 27.3 Å².